The number of aromatic nitrogens is 3. The first-order valence-corrected chi connectivity index (χ1v) is 10.4. The molecule has 7 heteroatoms. The van der Waals surface area contributed by atoms with Crippen LogP contribution in [0.2, 0.25) is 0 Å². The lowest BCUT2D eigenvalue weighted by Gasteiger charge is -2.27. The molecule has 0 bridgehead atoms. The molecule has 1 amide bonds. The quantitative estimate of drug-likeness (QED) is 0.410. The third kappa shape index (κ3) is 2.89. The van der Waals surface area contributed by atoms with Gasteiger partial charge >= 0.3 is 0 Å². The van der Waals surface area contributed by atoms with Gasteiger partial charge in [0.25, 0.3) is 5.91 Å². The molecule has 0 saturated heterocycles. The number of halogens is 1. The van der Waals surface area contributed by atoms with Crippen LogP contribution in [0.25, 0.3) is 33.1 Å². The SMILES string of the molecule is Cn1nc2c(c1-c1cc(F)cc3ccoc13)CCN(C(=O)c1ccc3ncccc3c1)C2. The minimum absolute atomic E-state index is 0.0345. The molecule has 4 heterocycles. The highest BCUT2D eigenvalue weighted by Crippen LogP contribution is 2.36. The Balaban J connectivity index is 1.36. The zero-order valence-corrected chi connectivity index (χ0v) is 17.4. The minimum Gasteiger partial charge on any atom is -0.464 e. The van der Waals surface area contributed by atoms with Gasteiger partial charge in [-0.1, -0.05) is 6.07 Å². The molecule has 0 N–H and O–H groups in total. The number of aryl methyl sites for hydroxylation is 1. The molecule has 6 rings (SSSR count). The van der Waals surface area contributed by atoms with Crippen molar-refractivity contribution in [3.05, 3.63) is 83.6 Å². The molecule has 2 aromatic carbocycles. The topological polar surface area (TPSA) is 64.2 Å². The van der Waals surface area contributed by atoms with Crippen molar-refractivity contribution in [1.82, 2.24) is 19.7 Å². The maximum atomic E-state index is 14.3. The van der Waals surface area contributed by atoms with E-state index in [4.69, 9.17) is 4.42 Å². The van der Waals surface area contributed by atoms with Gasteiger partial charge in [-0.25, -0.2) is 4.39 Å². The van der Waals surface area contributed by atoms with Crippen molar-refractivity contribution < 1.29 is 13.6 Å². The Labute approximate surface area is 182 Å². The summed E-state index contributed by atoms with van der Waals surface area (Å²) in [7, 11) is 1.84. The molecule has 0 radical (unpaired) electrons. The zero-order chi connectivity index (χ0) is 21.8. The number of rotatable bonds is 2. The normalized spacial score (nSPS) is 13.6. The van der Waals surface area contributed by atoms with Gasteiger partial charge in [0.1, 0.15) is 11.4 Å². The predicted octanol–water partition coefficient (Wildman–Crippen LogP) is 4.72. The number of amides is 1. The number of pyridine rings is 1. The Morgan fingerprint density at radius 1 is 1.12 bits per heavy atom. The summed E-state index contributed by atoms with van der Waals surface area (Å²) in [5, 5.41) is 6.32. The molecular formula is C25H19FN4O2. The average molecular weight is 426 g/mol. The van der Waals surface area contributed by atoms with Crippen LogP contribution >= 0.6 is 0 Å². The van der Waals surface area contributed by atoms with E-state index >= 15 is 0 Å². The lowest BCUT2D eigenvalue weighted by molar-refractivity contribution is 0.0732. The molecule has 1 aliphatic heterocycles. The summed E-state index contributed by atoms with van der Waals surface area (Å²) in [5.74, 6) is -0.352. The van der Waals surface area contributed by atoms with Crippen LogP contribution in [0.4, 0.5) is 4.39 Å². The van der Waals surface area contributed by atoms with Crippen LogP contribution in [-0.2, 0) is 20.0 Å². The molecule has 0 fully saturated rings. The van der Waals surface area contributed by atoms with Crippen LogP contribution in [-0.4, -0.2) is 32.1 Å². The number of carbonyl (C=O) groups excluding carboxylic acids is 1. The number of carbonyl (C=O) groups is 1. The molecule has 0 atom stereocenters. The van der Waals surface area contributed by atoms with E-state index in [1.165, 1.54) is 12.1 Å². The van der Waals surface area contributed by atoms with E-state index < -0.39 is 0 Å². The third-order valence-electron chi connectivity index (χ3n) is 6.11. The third-order valence-corrected chi connectivity index (χ3v) is 6.11. The fourth-order valence-electron chi connectivity index (χ4n) is 4.64. The Kier molecular flexibility index (Phi) is 4.11. The van der Waals surface area contributed by atoms with E-state index in [2.05, 4.69) is 10.1 Å². The fourth-order valence-corrected chi connectivity index (χ4v) is 4.64. The molecule has 5 aromatic rings. The van der Waals surface area contributed by atoms with Crippen LogP contribution < -0.4 is 0 Å². The number of benzene rings is 2. The smallest absolute Gasteiger partial charge is 0.254 e. The van der Waals surface area contributed by atoms with Crippen LogP contribution in [0.15, 0.2) is 65.4 Å². The highest BCUT2D eigenvalue weighted by Gasteiger charge is 2.29. The van der Waals surface area contributed by atoms with Gasteiger partial charge in [0.05, 0.1) is 29.7 Å². The summed E-state index contributed by atoms with van der Waals surface area (Å²) in [6.45, 7) is 0.968. The second-order valence-electron chi connectivity index (χ2n) is 8.08. The first kappa shape index (κ1) is 18.7. The number of nitrogens with zero attached hydrogens (tertiary/aromatic N) is 4. The molecule has 3 aromatic heterocycles. The van der Waals surface area contributed by atoms with E-state index in [1.54, 1.807) is 23.2 Å². The van der Waals surface area contributed by atoms with E-state index in [-0.39, 0.29) is 11.7 Å². The highest BCUT2D eigenvalue weighted by molar-refractivity contribution is 5.98. The van der Waals surface area contributed by atoms with E-state index in [9.17, 15) is 9.18 Å². The molecular weight excluding hydrogens is 407 g/mol. The van der Waals surface area contributed by atoms with E-state index in [1.807, 2.05) is 42.3 Å². The van der Waals surface area contributed by atoms with Crippen LogP contribution in [0, 0.1) is 5.82 Å². The number of hydrogen-bond acceptors (Lipinski definition) is 4. The summed E-state index contributed by atoms with van der Waals surface area (Å²) in [5.41, 5.74) is 5.51. The van der Waals surface area contributed by atoms with Gasteiger partial charge in [0, 0.05) is 47.3 Å². The molecule has 0 unspecified atom stereocenters. The van der Waals surface area contributed by atoms with Crippen molar-refractivity contribution in [3.63, 3.8) is 0 Å². The van der Waals surface area contributed by atoms with Crippen molar-refractivity contribution >= 4 is 27.8 Å². The van der Waals surface area contributed by atoms with Crippen LogP contribution in [0.5, 0.6) is 0 Å². The standard InChI is InChI=1S/C25H19FN4O2/c1-29-23(20-13-18(26)12-16-7-10-32-24(16)20)19-6-9-30(14-22(19)28-29)25(31)17-4-5-21-15(11-17)3-2-8-27-21/h2-5,7-8,10-13H,6,9,14H2,1H3. The fraction of sp³-hybridized carbons (Fsp3) is 0.160. The van der Waals surface area contributed by atoms with Gasteiger partial charge in [-0.3, -0.25) is 14.5 Å². The summed E-state index contributed by atoms with van der Waals surface area (Å²) < 4.78 is 21.7. The second-order valence-corrected chi connectivity index (χ2v) is 8.08. The minimum atomic E-state index is -0.317. The molecule has 0 aliphatic carbocycles. The van der Waals surface area contributed by atoms with E-state index in [0.717, 1.165) is 27.9 Å². The van der Waals surface area contributed by atoms with Gasteiger partial charge in [0.15, 0.2) is 0 Å². The van der Waals surface area contributed by atoms with E-state index in [0.29, 0.717) is 41.6 Å². The highest BCUT2D eigenvalue weighted by atomic mass is 19.1. The van der Waals surface area contributed by atoms with Crippen molar-refractivity contribution in [2.24, 2.45) is 7.05 Å². The molecule has 1 aliphatic rings. The van der Waals surface area contributed by atoms with Gasteiger partial charge in [-0.2, -0.15) is 5.10 Å². The first-order valence-electron chi connectivity index (χ1n) is 10.4. The molecule has 32 heavy (non-hydrogen) atoms. The van der Waals surface area contributed by atoms with Gasteiger partial charge in [-0.05, 0) is 48.9 Å². The average Bonchev–Trinajstić information content (AvgIpc) is 3.40. The molecule has 0 spiro atoms. The maximum absolute atomic E-state index is 14.3. The Morgan fingerprint density at radius 2 is 2.03 bits per heavy atom. The lowest BCUT2D eigenvalue weighted by atomic mass is 9.98. The largest absolute Gasteiger partial charge is 0.464 e. The second kappa shape index (κ2) is 7.02. The summed E-state index contributed by atoms with van der Waals surface area (Å²) in [6.07, 6.45) is 3.94. The summed E-state index contributed by atoms with van der Waals surface area (Å²) in [4.78, 5) is 19.3. The summed E-state index contributed by atoms with van der Waals surface area (Å²) >= 11 is 0. The number of fused-ring (bicyclic) bond motifs is 3. The molecule has 6 nitrogen and oxygen atoms in total. The number of furan rings is 1. The summed E-state index contributed by atoms with van der Waals surface area (Å²) in [6, 6.07) is 14.1. The zero-order valence-electron chi connectivity index (χ0n) is 17.4. The van der Waals surface area contributed by atoms with Crippen molar-refractivity contribution in [1.29, 1.82) is 0 Å². The monoisotopic (exact) mass is 426 g/mol. The Morgan fingerprint density at radius 3 is 2.94 bits per heavy atom. The Bertz CT molecular complexity index is 1520. The van der Waals surface area contributed by atoms with Crippen molar-refractivity contribution in [2.45, 2.75) is 13.0 Å². The van der Waals surface area contributed by atoms with Crippen LogP contribution in [0.3, 0.4) is 0 Å². The van der Waals surface area contributed by atoms with Gasteiger partial charge in [-0.15, -0.1) is 0 Å². The first-order chi connectivity index (χ1) is 15.6. The van der Waals surface area contributed by atoms with Gasteiger partial charge < -0.3 is 9.32 Å². The predicted molar refractivity (Wildman–Crippen MR) is 119 cm³/mol. The van der Waals surface area contributed by atoms with Gasteiger partial charge in [0.2, 0.25) is 0 Å². The molecule has 158 valence electrons. The lowest BCUT2D eigenvalue weighted by Crippen LogP contribution is -2.36. The Hall–Kier alpha value is -4.00. The van der Waals surface area contributed by atoms with Crippen molar-refractivity contribution in [2.75, 3.05) is 6.54 Å². The van der Waals surface area contributed by atoms with Crippen LogP contribution in [0.1, 0.15) is 21.6 Å². The molecule has 0 saturated carbocycles. The number of hydrogen-bond donors (Lipinski definition) is 0. The maximum Gasteiger partial charge on any atom is 0.254 e. The van der Waals surface area contributed by atoms with Crippen molar-refractivity contribution in [3.8, 4) is 11.3 Å².